The van der Waals surface area contributed by atoms with Crippen molar-refractivity contribution in [3.8, 4) is 0 Å². The van der Waals surface area contributed by atoms with Crippen LogP contribution >= 0.6 is 0 Å². The highest BCUT2D eigenvalue weighted by atomic mass is 16.2. The molecule has 17 heavy (non-hydrogen) atoms. The maximum Gasteiger partial charge on any atom is 0.327 e. The first-order valence-electron chi connectivity index (χ1n) is 5.93. The van der Waals surface area contributed by atoms with Gasteiger partial charge in [-0.2, -0.15) is 0 Å². The van der Waals surface area contributed by atoms with E-state index in [1.165, 1.54) is 25.7 Å². The summed E-state index contributed by atoms with van der Waals surface area (Å²) in [4.78, 5) is 34.6. The molecule has 3 N–H and O–H groups in total. The molecule has 2 aromatic heterocycles. The van der Waals surface area contributed by atoms with E-state index in [0.717, 1.165) is 12.2 Å². The lowest BCUT2D eigenvalue weighted by Crippen LogP contribution is -2.21. The molecule has 6 heteroatoms. The van der Waals surface area contributed by atoms with Crippen molar-refractivity contribution >= 4 is 11.2 Å². The van der Waals surface area contributed by atoms with Gasteiger partial charge in [-0.05, 0) is 5.92 Å². The average Bonchev–Trinajstić information content (AvgIpc) is 2.87. The van der Waals surface area contributed by atoms with Crippen molar-refractivity contribution in [1.82, 2.24) is 19.9 Å². The molecule has 0 aliphatic heterocycles. The van der Waals surface area contributed by atoms with Gasteiger partial charge in [0.25, 0.3) is 5.56 Å². The van der Waals surface area contributed by atoms with Crippen LogP contribution in [0.25, 0.3) is 11.2 Å². The van der Waals surface area contributed by atoms with Gasteiger partial charge < -0.3 is 4.98 Å². The molecule has 2 heterocycles. The summed E-state index contributed by atoms with van der Waals surface area (Å²) in [6.07, 6.45) is 5.87. The normalized spacial score (nSPS) is 16.9. The molecule has 0 unspecified atom stereocenters. The van der Waals surface area contributed by atoms with Gasteiger partial charge in [0.1, 0.15) is 11.3 Å². The molecule has 2 aromatic rings. The van der Waals surface area contributed by atoms with Gasteiger partial charge in [-0.1, -0.05) is 25.7 Å². The zero-order valence-corrected chi connectivity index (χ0v) is 9.38. The third-order valence-electron chi connectivity index (χ3n) is 3.40. The lowest BCUT2D eigenvalue weighted by Gasteiger charge is -2.04. The second kappa shape index (κ2) is 3.87. The third kappa shape index (κ3) is 1.90. The number of aromatic amines is 3. The number of imidazole rings is 1. The molecule has 3 rings (SSSR count). The van der Waals surface area contributed by atoms with Crippen LogP contribution < -0.4 is 11.2 Å². The first-order chi connectivity index (χ1) is 8.22. The fourth-order valence-electron chi connectivity index (χ4n) is 2.57. The van der Waals surface area contributed by atoms with E-state index in [1.807, 2.05) is 0 Å². The van der Waals surface area contributed by atoms with Crippen LogP contribution in [0.2, 0.25) is 0 Å². The van der Waals surface area contributed by atoms with E-state index in [9.17, 15) is 9.59 Å². The first kappa shape index (κ1) is 10.3. The molecule has 0 radical (unpaired) electrons. The van der Waals surface area contributed by atoms with Crippen LogP contribution in [0.4, 0.5) is 0 Å². The molecule has 6 nitrogen and oxygen atoms in total. The highest BCUT2D eigenvalue weighted by Gasteiger charge is 2.17. The van der Waals surface area contributed by atoms with Crippen molar-refractivity contribution in [3.05, 3.63) is 26.7 Å². The molecule has 1 saturated carbocycles. The molecule has 0 saturated heterocycles. The van der Waals surface area contributed by atoms with Gasteiger partial charge in [-0.15, -0.1) is 0 Å². The van der Waals surface area contributed by atoms with Crippen molar-refractivity contribution in [1.29, 1.82) is 0 Å². The van der Waals surface area contributed by atoms with E-state index in [-0.39, 0.29) is 0 Å². The van der Waals surface area contributed by atoms with E-state index >= 15 is 0 Å². The number of nitrogens with zero attached hydrogens (tertiary/aromatic N) is 1. The van der Waals surface area contributed by atoms with Gasteiger partial charge in [0.15, 0.2) is 5.65 Å². The molecular weight excluding hydrogens is 220 g/mol. The maximum absolute atomic E-state index is 11.5. The minimum atomic E-state index is -0.513. The van der Waals surface area contributed by atoms with Gasteiger partial charge >= 0.3 is 5.69 Å². The van der Waals surface area contributed by atoms with Crippen LogP contribution in [0.15, 0.2) is 9.59 Å². The lowest BCUT2D eigenvalue weighted by molar-refractivity contribution is 0.534. The number of hydrogen-bond donors (Lipinski definition) is 3. The second-order valence-electron chi connectivity index (χ2n) is 4.67. The van der Waals surface area contributed by atoms with Crippen molar-refractivity contribution < 1.29 is 0 Å². The van der Waals surface area contributed by atoms with Gasteiger partial charge in [0.2, 0.25) is 0 Å². The average molecular weight is 234 g/mol. The van der Waals surface area contributed by atoms with Crippen molar-refractivity contribution in [3.63, 3.8) is 0 Å². The van der Waals surface area contributed by atoms with E-state index in [1.54, 1.807) is 0 Å². The topological polar surface area (TPSA) is 94.4 Å². The van der Waals surface area contributed by atoms with Crippen LogP contribution in [-0.2, 0) is 6.42 Å². The zero-order valence-electron chi connectivity index (χ0n) is 9.38. The van der Waals surface area contributed by atoms with E-state index in [0.29, 0.717) is 17.1 Å². The minimum Gasteiger partial charge on any atom is -0.336 e. The summed E-state index contributed by atoms with van der Waals surface area (Å²) in [5, 5.41) is 0. The molecule has 0 bridgehead atoms. The summed E-state index contributed by atoms with van der Waals surface area (Å²) >= 11 is 0. The third-order valence-corrected chi connectivity index (χ3v) is 3.40. The van der Waals surface area contributed by atoms with Gasteiger partial charge in [0.05, 0.1) is 0 Å². The largest absolute Gasteiger partial charge is 0.336 e. The van der Waals surface area contributed by atoms with E-state index in [2.05, 4.69) is 19.9 Å². The molecule has 0 amide bonds. The summed E-state index contributed by atoms with van der Waals surface area (Å²) in [6.45, 7) is 0. The van der Waals surface area contributed by atoms with E-state index < -0.39 is 11.2 Å². The van der Waals surface area contributed by atoms with Gasteiger partial charge in [-0.25, -0.2) is 9.78 Å². The monoisotopic (exact) mass is 234 g/mol. The SMILES string of the molecule is O=c1[nH]c(=O)c2[nH]c(CC3CCCC3)nc2[nH]1. The first-order valence-corrected chi connectivity index (χ1v) is 5.93. The molecule has 90 valence electrons. The minimum absolute atomic E-state index is 0.353. The van der Waals surface area contributed by atoms with Crippen molar-refractivity contribution in [2.45, 2.75) is 32.1 Å². The quantitative estimate of drug-likeness (QED) is 0.712. The predicted octanol–water partition coefficient (Wildman–Crippen LogP) is 0.672. The Hall–Kier alpha value is -1.85. The number of nitrogens with one attached hydrogen (secondary N) is 3. The predicted molar refractivity (Wildman–Crippen MR) is 63.0 cm³/mol. The number of rotatable bonds is 2. The van der Waals surface area contributed by atoms with Crippen LogP contribution in [0.1, 0.15) is 31.5 Å². The Labute approximate surface area is 96.5 Å². The van der Waals surface area contributed by atoms with Gasteiger partial charge in [-0.3, -0.25) is 14.8 Å². The number of aromatic nitrogens is 4. The fraction of sp³-hybridized carbons (Fsp3) is 0.545. The smallest absolute Gasteiger partial charge is 0.327 e. The summed E-state index contributed by atoms with van der Waals surface area (Å²) in [6, 6.07) is 0. The molecule has 1 aliphatic carbocycles. The Kier molecular flexibility index (Phi) is 2.35. The van der Waals surface area contributed by atoms with Crippen LogP contribution in [0, 0.1) is 5.92 Å². The maximum atomic E-state index is 11.5. The molecular formula is C11H14N4O2. The van der Waals surface area contributed by atoms with Crippen molar-refractivity contribution in [2.24, 2.45) is 5.92 Å². The highest BCUT2D eigenvalue weighted by molar-refractivity contribution is 5.68. The summed E-state index contributed by atoms with van der Waals surface area (Å²) in [5.74, 6) is 1.45. The highest BCUT2D eigenvalue weighted by Crippen LogP contribution is 2.27. The number of H-pyrrole nitrogens is 3. The Morgan fingerprint density at radius 3 is 2.65 bits per heavy atom. The number of fused-ring (bicyclic) bond motifs is 1. The molecule has 0 atom stereocenters. The van der Waals surface area contributed by atoms with Gasteiger partial charge in [0, 0.05) is 6.42 Å². The number of hydrogen-bond acceptors (Lipinski definition) is 3. The molecule has 0 spiro atoms. The Bertz CT molecular complexity index is 645. The van der Waals surface area contributed by atoms with E-state index in [4.69, 9.17) is 0 Å². The summed E-state index contributed by atoms with van der Waals surface area (Å²) < 4.78 is 0. The summed E-state index contributed by atoms with van der Waals surface area (Å²) in [5.41, 5.74) is -0.209. The Balaban J connectivity index is 1.98. The standard InChI is InChI=1S/C11H14N4O2/c16-10-8-9(14-11(17)15-10)13-7(12-8)5-6-3-1-2-4-6/h6H,1-5H2,(H3,12,13,14,15,16,17). The van der Waals surface area contributed by atoms with Crippen LogP contribution in [0.5, 0.6) is 0 Å². The second-order valence-corrected chi connectivity index (χ2v) is 4.67. The Morgan fingerprint density at radius 2 is 1.88 bits per heavy atom. The lowest BCUT2D eigenvalue weighted by atomic mass is 10.0. The molecule has 1 fully saturated rings. The summed E-state index contributed by atoms with van der Waals surface area (Å²) in [7, 11) is 0. The molecule has 1 aliphatic rings. The zero-order chi connectivity index (χ0) is 11.8. The van der Waals surface area contributed by atoms with Crippen molar-refractivity contribution in [2.75, 3.05) is 0 Å². The van der Waals surface area contributed by atoms with Crippen LogP contribution in [0.3, 0.4) is 0 Å². The van der Waals surface area contributed by atoms with Crippen LogP contribution in [-0.4, -0.2) is 19.9 Å². The fourth-order valence-corrected chi connectivity index (χ4v) is 2.57. The molecule has 0 aromatic carbocycles. The Morgan fingerprint density at radius 1 is 1.12 bits per heavy atom.